The number of aryl methyl sites for hydroxylation is 1. The summed E-state index contributed by atoms with van der Waals surface area (Å²) in [6.45, 7) is 1.98. The van der Waals surface area contributed by atoms with Gasteiger partial charge in [-0.15, -0.1) is 22.7 Å². The first kappa shape index (κ1) is 17.7. The van der Waals surface area contributed by atoms with Crippen molar-refractivity contribution < 1.29 is 4.79 Å². The standard InChI is InChI=1S/C21H15N5OS2/c1-12-23-16(13-6-3-2-4-7-13)18(29-12)19-24-15-9-5-8-14(17(15)25-19)20(27)26-21-22-10-11-28-21/h2-11H,1H3,(H,24,25)(H,22,26,27). The van der Waals surface area contributed by atoms with E-state index in [1.165, 1.54) is 11.3 Å². The van der Waals surface area contributed by atoms with Gasteiger partial charge >= 0.3 is 0 Å². The molecule has 0 unspecified atom stereocenters. The molecule has 5 rings (SSSR count). The number of anilines is 1. The average Bonchev–Trinajstić information content (AvgIpc) is 3.47. The third-order valence-corrected chi connectivity index (χ3v) is 6.07. The van der Waals surface area contributed by atoms with Crippen molar-refractivity contribution in [3.05, 3.63) is 70.7 Å². The molecule has 3 heterocycles. The molecular formula is C21H15N5OS2. The van der Waals surface area contributed by atoms with Gasteiger partial charge in [-0.05, 0) is 19.1 Å². The number of fused-ring (bicyclic) bond motifs is 1. The van der Waals surface area contributed by atoms with Crippen LogP contribution in [-0.2, 0) is 0 Å². The van der Waals surface area contributed by atoms with E-state index in [-0.39, 0.29) is 5.91 Å². The largest absolute Gasteiger partial charge is 0.337 e. The van der Waals surface area contributed by atoms with E-state index in [4.69, 9.17) is 9.97 Å². The van der Waals surface area contributed by atoms with Crippen molar-refractivity contribution in [3.63, 3.8) is 0 Å². The van der Waals surface area contributed by atoms with Crippen LogP contribution in [0.5, 0.6) is 0 Å². The molecule has 0 saturated heterocycles. The van der Waals surface area contributed by atoms with Crippen LogP contribution < -0.4 is 5.32 Å². The number of benzene rings is 2. The summed E-state index contributed by atoms with van der Waals surface area (Å²) in [4.78, 5) is 30.7. The van der Waals surface area contributed by atoms with Crippen molar-refractivity contribution >= 4 is 44.7 Å². The molecule has 0 spiro atoms. The number of thiazole rings is 2. The van der Waals surface area contributed by atoms with Crippen LogP contribution in [0.1, 0.15) is 15.4 Å². The van der Waals surface area contributed by atoms with Gasteiger partial charge in [-0.2, -0.15) is 0 Å². The van der Waals surface area contributed by atoms with Crippen LogP contribution >= 0.6 is 22.7 Å². The van der Waals surface area contributed by atoms with Crippen LogP contribution in [-0.4, -0.2) is 25.8 Å². The van der Waals surface area contributed by atoms with Gasteiger partial charge in [0.05, 0.1) is 26.7 Å². The molecule has 0 atom stereocenters. The van der Waals surface area contributed by atoms with Crippen LogP contribution in [0.15, 0.2) is 60.1 Å². The van der Waals surface area contributed by atoms with Crippen molar-refractivity contribution in [2.24, 2.45) is 0 Å². The molecule has 6 nitrogen and oxygen atoms in total. The van der Waals surface area contributed by atoms with Gasteiger partial charge in [-0.25, -0.2) is 15.0 Å². The lowest BCUT2D eigenvalue weighted by Crippen LogP contribution is -2.12. The van der Waals surface area contributed by atoms with E-state index in [0.717, 1.165) is 26.7 Å². The van der Waals surface area contributed by atoms with Crippen molar-refractivity contribution in [2.75, 3.05) is 5.32 Å². The van der Waals surface area contributed by atoms with E-state index < -0.39 is 0 Å². The van der Waals surface area contributed by atoms with Crippen LogP contribution in [0.3, 0.4) is 0 Å². The van der Waals surface area contributed by atoms with Crippen molar-refractivity contribution in [2.45, 2.75) is 6.92 Å². The smallest absolute Gasteiger partial charge is 0.259 e. The topological polar surface area (TPSA) is 83.6 Å². The number of rotatable bonds is 4. The molecule has 0 fully saturated rings. The number of H-pyrrole nitrogens is 1. The summed E-state index contributed by atoms with van der Waals surface area (Å²) in [5.74, 6) is 0.478. The molecule has 142 valence electrons. The Bertz CT molecular complexity index is 1310. The third kappa shape index (κ3) is 3.32. The fraction of sp³-hybridized carbons (Fsp3) is 0.0476. The van der Waals surface area contributed by atoms with Gasteiger partial charge < -0.3 is 4.98 Å². The van der Waals surface area contributed by atoms with Gasteiger partial charge in [0.25, 0.3) is 5.91 Å². The Morgan fingerprint density at radius 3 is 2.72 bits per heavy atom. The van der Waals surface area contributed by atoms with Gasteiger partial charge in [0.2, 0.25) is 0 Å². The monoisotopic (exact) mass is 417 g/mol. The van der Waals surface area contributed by atoms with Gasteiger partial charge in [0.1, 0.15) is 5.52 Å². The lowest BCUT2D eigenvalue weighted by molar-refractivity contribution is 0.102. The number of aromatic amines is 1. The van der Waals surface area contributed by atoms with Gasteiger partial charge in [0.15, 0.2) is 11.0 Å². The minimum absolute atomic E-state index is 0.229. The number of amides is 1. The van der Waals surface area contributed by atoms with Crippen molar-refractivity contribution in [1.82, 2.24) is 19.9 Å². The molecule has 0 bridgehead atoms. The molecule has 5 aromatic rings. The lowest BCUT2D eigenvalue weighted by Gasteiger charge is -2.02. The highest BCUT2D eigenvalue weighted by Crippen LogP contribution is 2.36. The molecule has 1 amide bonds. The molecule has 0 saturated carbocycles. The van der Waals surface area contributed by atoms with E-state index in [0.29, 0.717) is 22.0 Å². The fourth-order valence-corrected chi connectivity index (χ4v) is 4.56. The summed E-state index contributed by atoms with van der Waals surface area (Å²) in [7, 11) is 0. The molecule has 2 aromatic carbocycles. The zero-order chi connectivity index (χ0) is 19.8. The minimum atomic E-state index is -0.229. The first-order chi connectivity index (χ1) is 14.2. The van der Waals surface area contributed by atoms with Crippen LogP contribution in [0.2, 0.25) is 0 Å². The van der Waals surface area contributed by atoms with Crippen LogP contribution in [0.25, 0.3) is 33.0 Å². The second-order valence-corrected chi connectivity index (χ2v) is 8.45. The summed E-state index contributed by atoms with van der Waals surface area (Å²) in [5.41, 5.74) is 3.86. The number of nitrogens with one attached hydrogen (secondary N) is 2. The summed E-state index contributed by atoms with van der Waals surface area (Å²) >= 11 is 2.96. The number of hydrogen-bond donors (Lipinski definition) is 2. The highest BCUT2D eigenvalue weighted by molar-refractivity contribution is 7.15. The van der Waals surface area contributed by atoms with Crippen molar-refractivity contribution in [3.8, 4) is 22.0 Å². The first-order valence-electron chi connectivity index (χ1n) is 8.92. The molecule has 29 heavy (non-hydrogen) atoms. The van der Waals surface area contributed by atoms with E-state index >= 15 is 0 Å². The quantitative estimate of drug-likeness (QED) is 0.412. The Labute approximate surface area is 174 Å². The Hall–Kier alpha value is -3.36. The van der Waals surface area contributed by atoms with E-state index in [1.54, 1.807) is 23.6 Å². The van der Waals surface area contributed by atoms with E-state index in [1.807, 2.05) is 54.8 Å². The zero-order valence-corrected chi connectivity index (χ0v) is 17.0. The zero-order valence-electron chi connectivity index (χ0n) is 15.3. The number of nitrogens with zero attached hydrogens (tertiary/aromatic N) is 3. The summed E-state index contributed by atoms with van der Waals surface area (Å²) in [6, 6.07) is 15.6. The highest BCUT2D eigenvalue weighted by Gasteiger charge is 2.19. The Morgan fingerprint density at radius 2 is 1.93 bits per heavy atom. The normalized spacial score (nSPS) is 11.1. The van der Waals surface area contributed by atoms with Crippen LogP contribution in [0, 0.1) is 6.92 Å². The SMILES string of the molecule is Cc1nc(-c2ccccc2)c(-c2nc3c(C(=O)Nc4nccs4)cccc3[nH]2)s1. The van der Waals surface area contributed by atoms with Gasteiger partial charge in [-0.1, -0.05) is 36.4 Å². The Morgan fingerprint density at radius 1 is 1.07 bits per heavy atom. The second-order valence-electron chi connectivity index (χ2n) is 6.36. The summed E-state index contributed by atoms with van der Waals surface area (Å²) in [5, 5.41) is 6.17. The molecule has 0 radical (unpaired) electrons. The number of carbonyl (C=O) groups is 1. The Balaban J connectivity index is 1.59. The number of hydrogen-bond acceptors (Lipinski definition) is 6. The molecule has 3 aromatic heterocycles. The molecule has 2 N–H and O–H groups in total. The highest BCUT2D eigenvalue weighted by atomic mass is 32.1. The molecule has 0 aliphatic heterocycles. The Kier molecular flexibility index (Phi) is 4.42. The summed E-state index contributed by atoms with van der Waals surface area (Å²) < 4.78 is 0. The fourth-order valence-electron chi connectivity index (χ4n) is 3.15. The predicted molar refractivity (Wildman–Crippen MR) is 117 cm³/mol. The molecular weight excluding hydrogens is 402 g/mol. The maximum atomic E-state index is 12.8. The number of carbonyl (C=O) groups excluding carboxylic acids is 1. The number of para-hydroxylation sites is 1. The maximum absolute atomic E-state index is 12.8. The van der Waals surface area contributed by atoms with E-state index in [9.17, 15) is 4.79 Å². The maximum Gasteiger partial charge on any atom is 0.259 e. The number of imidazole rings is 1. The summed E-state index contributed by atoms with van der Waals surface area (Å²) in [6.07, 6.45) is 1.66. The first-order valence-corrected chi connectivity index (χ1v) is 10.6. The third-order valence-electron chi connectivity index (χ3n) is 4.41. The second kappa shape index (κ2) is 7.23. The number of aromatic nitrogens is 4. The van der Waals surface area contributed by atoms with Crippen LogP contribution in [0.4, 0.5) is 5.13 Å². The molecule has 0 aliphatic carbocycles. The molecule has 8 heteroatoms. The van der Waals surface area contributed by atoms with Gasteiger partial charge in [-0.3, -0.25) is 10.1 Å². The molecule has 0 aliphatic rings. The minimum Gasteiger partial charge on any atom is -0.337 e. The average molecular weight is 418 g/mol. The van der Waals surface area contributed by atoms with Gasteiger partial charge in [0, 0.05) is 17.1 Å². The van der Waals surface area contributed by atoms with Crippen molar-refractivity contribution in [1.29, 1.82) is 0 Å². The lowest BCUT2D eigenvalue weighted by atomic mass is 10.1. The van der Waals surface area contributed by atoms with E-state index in [2.05, 4.69) is 15.3 Å². The predicted octanol–water partition coefficient (Wildman–Crippen LogP) is 5.37.